The van der Waals surface area contributed by atoms with Crippen LogP contribution in [0.25, 0.3) is 22.3 Å². The number of rotatable bonds is 1. The number of nitrogens with two attached hydrogens (primary N) is 1. The maximum absolute atomic E-state index is 6.15. The van der Waals surface area contributed by atoms with Crippen molar-refractivity contribution in [3.8, 4) is 11.4 Å². The third-order valence-electron chi connectivity index (χ3n) is 2.80. The van der Waals surface area contributed by atoms with E-state index in [0.717, 1.165) is 16.5 Å². The minimum atomic E-state index is 0.391. The van der Waals surface area contributed by atoms with Crippen molar-refractivity contribution < 1.29 is 0 Å². The first-order valence-corrected chi connectivity index (χ1v) is 6.38. The summed E-state index contributed by atoms with van der Waals surface area (Å²) in [7, 11) is 0. The SMILES string of the molecule is Nc1nc(-c2ccccc2Cl)nc2ccc(Cl)cc12. The predicted molar refractivity (Wildman–Crippen MR) is 79.4 cm³/mol. The van der Waals surface area contributed by atoms with Gasteiger partial charge in [0.2, 0.25) is 0 Å². The lowest BCUT2D eigenvalue weighted by Gasteiger charge is -2.07. The molecule has 0 aliphatic heterocycles. The summed E-state index contributed by atoms with van der Waals surface area (Å²) in [6.45, 7) is 0. The van der Waals surface area contributed by atoms with Crippen LogP contribution in [0.5, 0.6) is 0 Å². The van der Waals surface area contributed by atoms with Gasteiger partial charge in [-0.15, -0.1) is 0 Å². The smallest absolute Gasteiger partial charge is 0.163 e. The zero-order valence-electron chi connectivity index (χ0n) is 9.77. The Morgan fingerprint density at radius 2 is 1.74 bits per heavy atom. The molecule has 0 amide bonds. The Balaban J connectivity index is 2.27. The highest BCUT2D eigenvalue weighted by molar-refractivity contribution is 6.33. The molecule has 94 valence electrons. The second-order valence-electron chi connectivity index (χ2n) is 4.07. The number of aromatic nitrogens is 2. The van der Waals surface area contributed by atoms with Gasteiger partial charge in [0.05, 0.1) is 10.5 Å². The lowest BCUT2D eigenvalue weighted by atomic mass is 10.2. The Morgan fingerprint density at radius 3 is 2.53 bits per heavy atom. The topological polar surface area (TPSA) is 51.8 Å². The highest BCUT2D eigenvalue weighted by Gasteiger charge is 2.10. The van der Waals surface area contributed by atoms with Crippen molar-refractivity contribution in [3.05, 3.63) is 52.5 Å². The van der Waals surface area contributed by atoms with E-state index in [4.69, 9.17) is 28.9 Å². The van der Waals surface area contributed by atoms with Crippen molar-refractivity contribution in [1.82, 2.24) is 9.97 Å². The molecule has 2 N–H and O–H groups in total. The van der Waals surface area contributed by atoms with Gasteiger partial charge in [-0.05, 0) is 30.3 Å². The summed E-state index contributed by atoms with van der Waals surface area (Å²) in [4.78, 5) is 8.77. The zero-order chi connectivity index (χ0) is 13.4. The molecule has 0 unspecified atom stereocenters. The van der Waals surface area contributed by atoms with Crippen LogP contribution in [0.3, 0.4) is 0 Å². The van der Waals surface area contributed by atoms with Crippen molar-refractivity contribution in [2.45, 2.75) is 0 Å². The molecule has 0 aliphatic carbocycles. The number of nitrogen functional groups attached to an aromatic ring is 1. The van der Waals surface area contributed by atoms with Crippen LogP contribution in [0.1, 0.15) is 0 Å². The van der Waals surface area contributed by atoms with Gasteiger partial charge in [-0.2, -0.15) is 0 Å². The number of benzene rings is 2. The summed E-state index contributed by atoms with van der Waals surface area (Å²) in [6, 6.07) is 12.7. The van der Waals surface area contributed by atoms with Crippen molar-refractivity contribution >= 4 is 39.9 Å². The average molecular weight is 290 g/mol. The fourth-order valence-electron chi connectivity index (χ4n) is 1.89. The molecule has 0 aliphatic rings. The van der Waals surface area contributed by atoms with Crippen molar-refractivity contribution in [2.24, 2.45) is 0 Å². The van der Waals surface area contributed by atoms with Crippen LogP contribution >= 0.6 is 23.2 Å². The van der Waals surface area contributed by atoms with E-state index in [1.54, 1.807) is 18.2 Å². The van der Waals surface area contributed by atoms with Crippen LogP contribution < -0.4 is 5.73 Å². The van der Waals surface area contributed by atoms with Crippen LogP contribution in [-0.2, 0) is 0 Å². The third kappa shape index (κ3) is 2.23. The van der Waals surface area contributed by atoms with Crippen LogP contribution in [0.15, 0.2) is 42.5 Å². The number of nitrogens with zero attached hydrogens (tertiary/aromatic N) is 2. The quantitative estimate of drug-likeness (QED) is 0.731. The number of hydrogen-bond donors (Lipinski definition) is 1. The molecular weight excluding hydrogens is 281 g/mol. The van der Waals surface area contributed by atoms with E-state index in [1.165, 1.54) is 0 Å². The van der Waals surface area contributed by atoms with Gasteiger partial charge in [0.15, 0.2) is 5.82 Å². The lowest BCUT2D eigenvalue weighted by Crippen LogP contribution is -1.98. The second-order valence-corrected chi connectivity index (χ2v) is 4.92. The highest BCUT2D eigenvalue weighted by Crippen LogP contribution is 2.29. The third-order valence-corrected chi connectivity index (χ3v) is 3.37. The van der Waals surface area contributed by atoms with Gasteiger partial charge in [0.25, 0.3) is 0 Å². The van der Waals surface area contributed by atoms with E-state index in [1.807, 2.05) is 24.3 Å². The van der Waals surface area contributed by atoms with Crippen molar-refractivity contribution in [1.29, 1.82) is 0 Å². The van der Waals surface area contributed by atoms with E-state index < -0.39 is 0 Å². The molecule has 2 aromatic carbocycles. The molecule has 0 bridgehead atoms. The molecular formula is C14H9Cl2N3. The van der Waals surface area contributed by atoms with Crippen LogP contribution in [0, 0.1) is 0 Å². The predicted octanol–water partition coefficient (Wildman–Crippen LogP) is 4.19. The summed E-state index contributed by atoms with van der Waals surface area (Å²) in [5, 5.41) is 1.94. The number of halogens is 2. The van der Waals surface area contributed by atoms with Gasteiger partial charge in [0, 0.05) is 16.0 Å². The van der Waals surface area contributed by atoms with Crippen molar-refractivity contribution in [2.75, 3.05) is 5.73 Å². The molecule has 5 heteroatoms. The first-order valence-electron chi connectivity index (χ1n) is 5.63. The van der Waals surface area contributed by atoms with Crippen LogP contribution in [0.2, 0.25) is 10.0 Å². The minimum absolute atomic E-state index is 0.391. The van der Waals surface area contributed by atoms with Crippen LogP contribution in [-0.4, -0.2) is 9.97 Å². The fraction of sp³-hybridized carbons (Fsp3) is 0. The Hall–Kier alpha value is -1.84. The average Bonchev–Trinajstić information content (AvgIpc) is 2.40. The molecule has 0 saturated heterocycles. The molecule has 3 aromatic rings. The molecule has 0 radical (unpaired) electrons. The van der Waals surface area contributed by atoms with Gasteiger partial charge >= 0.3 is 0 Å². The van der Waals surface area contributed by atoms with Gasteiger partial charge in [0.1, 0.15) is 5.82 Å². The molecule has 19 heavy (non-hydrogen) atoms. The summed E-state index contributed by atoms with van der Waals surface area (Å²) < 4.78 is 0. The Kier molecular flexibility index (Phi) is 3.01. The summed E-state index contributed by atoms with van der Waals surface area (Å²) in [5.74, 6) is 0.903. The highest BCUT2D eigenvalue weighted by atomic mass is 35.5. The maximum atomic E-state index is 6.15. The van der Waals surface area contributed by atoms with Crippen molar-refractivity contribution in [3.63, 3.8) is 0 Å². The van der Waals surface area contributed by atoms with Gasteiger partial charge in [-0.3, -0.25) is 0 Å². The summed E-state index contributed by atoms with van der Waals surface area (Å²) in [6.07, 6.45) is 0. The van der Waals surface area contributed by atoms with E-state index in [9.17, 15) is 0 Å². The van der Waals surface area contributed by atoms with E-state index in [0.29, 0.717) is 21.7 Å². The monoisotopic (exact) mass is 289 g/mol. The summed E-state index contributed by atoms with van der Waals surface area (Å²) in [5.41, 5.74) is 7.46. The van der Waals surface area contributed by atoms with Gasteiger partial charge < -0.3 is 5.73 Å². The molecule has 3 nitrogen and oxygen atoms in total. The van der Waals surface area contributed by atoms with Gasteiger partial charge in [-0.25, -0.2) is 9.97 Å². The Bertz CT molecular complexity index is 772. The van der Waals surface area contributed by atoms with E-state index in [2.05, 4.69) is 9.97 Å². The Labute approximate surface area is 120 Å². The lowest BCUT2D eigenvalue weighted by molar-refractivity contribution is 1.23. The molecule has 1 heterocycles. The first-order chi connectivity index (χ1) is 9.15. The fourth-order valence-corrected chi connectivity index (χ4v) is 2.28. The zero-order valence-corrected chi connectivity index (χ0v) is 11.3. The molecule has 0 fully saturated rings. The van der Waals surface area contributed by atoms with Crippen LogP contribution in [0.4, 0.5) is 5.82 Å². The molecule has 0 spiro atoms. The second kappa shape index (κ2) is 4.68. The normalized spacial score (nSPS) is 10.8. The molecule has 0 saturated carbocycles. The number of hydrogen-bond acceptors (Lipinski definition) is 3. The largest absolute Gasteiger partial charge is 0.383 e. The summed E-state index contributed by atoms with van der Waals surface area (Å²) >= 11 is 12.1. The standard InChI is InChI=1S/C14H9Cl2N3/c15-8-5-6-12-10(7-8)13(17)19-14(18-12)9-3-1-2-4-11(9)16/h1-7H,(H2,17,18,19). The molecule has 3 rings (SSSR count). The van der Waals surface area contributed by atoms with E-state index >= 15 is 0 Å². The van der Waals surface area contributed by atoms with Gasteiger partial charge in [-0.1, -0.05) is 35.3 Å². The number of anilines is 1. The number of fused-ring (bicyclic) bond motifs is 1. The minimum Gasteiger partial charge on any atom is -0.383 e. The Morgan fingerprint density at radius 1 is 0.947 bits per heavy atom. The first kappa shape index (κ1) is 12.2. The molecule has 1 aromatic heterocycles. The van der Waals surface area contributed by atoms with E-state index in [-0.39, 0.29) is 0 Å². The maximum Gasteiger partial charge on any atom is 0.163 e. The molecule has 0 atom stereocenters.